The molecule has 3 N–H and O–H groups in total. The Labute approximate surface area is 129 Å². The Morgan fingerprint density at radius 1 is 1.45 bits per heavy atom. The number of piperidine rings is 1. The summed E-state index contributed by atoms with van der Waals surface area (Å²) in [5.41, 5.74) is -0.633. The van der Waals surface area contributed by atoms with E-state index < -0.39 is 5.54 Å². The van der Waals surface area contributed by atoms with Crippen molar-refractivity contribution in [2.24, 2.45) is 7.05 Å². The Morgan fingerprint density at radius 2 is 2.27 bits per heavy atom. The van der Waals surface area contributed by atoms with Gasteiger partial charge in [0.15, 0.2) is 0 Å². The molecule has 118 valence electrons. The third kappa shape index (κ3) is 3.14. The molecule has 3 rings (SSSR count). The highest BCUT2D eigenvalue weighted by Crippen LogP contribution is 2.24. The Bertz CT molecular complexity index is 614. The third-order valence-electron chi connectivity index (χ3n) is 3.98. The molecule has 1 fully saturated rings. The lowest BCUT2D eigenvalue weighted by molar-refractivity contribution is -0.126. The Morgan fingerprint density at radius 3 is 2.91 bits per heavy atom. The SMILES string of the molecule is Cn1ccc(NC2(C(=O)NCc3ccco3)CCNCC2)n1. The van der Waals surface area contributed by atoms with Gasteiger partial charge in [0, 0.05) is 19.3 Å². The molecule has 7 nitrogen and oxygen atoms in total. The van der Waals surface area contributed by atoms with Gasteiger partial charge in [-0.2, -0.15) is 5.10 Å². The molecule has 0 saturated carbocycles. The van der Waals surface area contributed by atoms with Crippen LogP contribution in [0.25, 0.3) is 0 Å². The van der Waals surface area contributed by atoms with Crippen molar-refractivity contribution in [1.82, 2.24) is 20.4 Å². The molecule has 3 heterocycles. The van der Waals surface area contributed by atoms with Gasteiger partial charge in [-0.25, -0.2) is 0 Å². The standard InChI is InChI=1S/C15H21N5O2/c1-20-9-4-13(19-20)18-15(5-7-16-8-6-15)14(21)17-11-12-3-2-10-22-12/h2-4,9-10,16H,5-8,11H2,1H3,(H,17,21)(H,18,19). The molecule has 1 aliphatic heterocycles. The van der Waals surface area contributed by atoms with Crippen molar-refractivity contribution in [3.63, 3.8) is 0 Å². The van der Waals surface area contributed by atoms with Gasteiger partial charge in [0.05, 0.1) is 12.8 Å². The summed E-state index contributed by atoms with van der Waals surface area (Å²) >= 11 is 0. The van der Waals surface area contributed by atoms with E-state index >= 15 is 0 Å². The second-order valence-electron chi connectivity index (χ2n) is 5.59. The van der Waals surface area contributed by atoms with Crippen LogP contribution in [0.3, 0.4) is 0 Å². The van der Waals surface area contributed by atoms with Crippen LogP contribution in [-0.4, -0.2) is 34.3 Å². The monoisotopic (exact) mass is 303 g/mol. The summed E-state index contributed by atoms with van der Waals surface area (Å²) in [4.78, 5) is 12.7. The van der Waals surface area contributed by atoms with Crippen molar-refractivity contribution in [3.8, 4) is 0 Å². The number of aromatic nitrogens is 2. The molecule has 0 unspecified atom stereocenters. The first-order valence-corrected chi connectivity index (χ1v) is 7.47. The highest BCUT2D eigenvalue weighted by atomic mass is 16.3. The maximum absolute atomic E-state index is 12.7. The third-order valence-corrected chi connectivity index (χ3v) is 3.98. The van der Waals surface area contributed by atoms with Crippen molar-refractivity contribution < 1.29 is 9.21 Å². The van der Waals surface area contributed by atoms with Gasteiger partial charge in [-0.05, 0) is 38.1 Å². The summed E-state index contributed by atoms with van der Waals surface area (Å²) in [7, 11) is 1.86. The number of rotatable bonds is 5. The average Bonchev–Trinajstić information content (AvgIpc) is 3.17. The molecule has 7 heteroatoms. The lowest BCUT2D eigenvalue weighted by atomic mass is 9.87. The number of carbonyl (C=O) groups excluding carboxylic acids is 1. The molecule has 0 spiro atoms. The van der Waals surface area contributed by atoms with E-state index in [2.05, 4.69) is 21.0 Å². The number of aryl methyl sites for hydroxylation is 1. The predicted octanol–water partition coefficient (Wildman–Crippen LogP) is 0.864. The first-order valence-electron chi connectivity index (χ1n) is 7.47. The number of nitrogens with one attached hydrogen (secondary N) is 3. The fraction of sp³-hybridized carbons (Fsp3) is 0.467. The number of hydrogen-bond acceptors (Lipinski definition) is 5. The highest BCUT2D eigenvalue weighted by Gasteiger charge is 2.39. The van der Waals surface area contributed by atoms with Gasteiger partial charge < -0.3 is 20.4 Å². The van der Waals surface area contributed by atoms with E-state index in [4.69, 9.17) is 4.42 Å². The minimum absolute atomic E-state index is 0.0175. The van der Waals surface area contributed by atoms with Crippen molar-refractivity contribution in [3.05, 3.63) is 36.4 Å². The van der Waals surface area contributed by atoms with E-state index in [1.165, 1.54) is 0 Å². The van der Waals surface area contributed by atoms with E-state index in [9.17, 15) is 4.79 Å². The molecular weight excluding hydrogens is 282 g/mol. The summed E-state index contributed by atoms with van der Waals surface area (Å²) in [6, 6.07) is 5.54. The maximum atomic E-state index is 12.7. The molecule has 22 heavy (non-hydrogen) atoms. The molecule has 0 radical (unpaired) electrons. The zero-order valence-corrected chi connectivity index (χ0v) is 12.6. The number of nitrogens with zero attached hydrogens (tertiary/aromatic N) is 2. The molecule has 1 saturated heterocycles. The number of furan rings is 1. The second-order valence-corrected chi connectivity index (χ2v) is 5.59. The lowest BCUT2D eigenvalue weighted by Crippen LogP contribution is -2.57. The summed E-state index contributed by atoms with van der Waals surface area (Å²) in [6.07, 6.45) is 4.90. The Balaban J connectivity index is 1.71. The van der Waals surface area contributed by atoms with E-state index in [0.717, 1.165) is 24.7 Å². The minimum Gasteiger partial charge on any atom is -0.467 e. The van der Waals surface area contributed by atoms with Crippen LogP contribution in [0.5, 0.6) is 0 Å². The van der Waals surface area contributed by atoms with Crippen molar-refractivity contribution in [2.45, 2.75) is 24.9 Å². The van der Waals surface area contributed by atoms with Gasteiger partial charge in [-0.1, -0.05) is 0 Å². The molecule has 0 atom stereocenters. The zero-order valence-electron chi connectivity index (χ0n) is 12.6. The largest absolute Gasteiger partial charge is 0.467 e. The molecule has 0 aromatic carbocycles. The van der Waals surface area contributed by atoms with Crippen molar-refractivity contribution in [2.75, 3.05) is 18.4 Å². The summed E-state index contributed by atoms with van der Waals surface area (Å²) in [5.74, 6) is 1.45. The minimum atomic E-state index is -0.633. The van der Waals surface area contributed by atoms with Crippen molar-refractivity contribution >= 4 is 11.7 Å². The molecule has 2 aromatic rings. The van der Waals surface area contributed by atoms with Gasteiger partial charge >= 0.3 is 0 Å². The number of hydrogen-bond donors (Lipinski definition) is 3. The fourth-order valence-electron chi connectivity index (χ4n) is 2.74. The summed E-state index contributed by atoms with van der Waals surface area (Å²) < 4.78 is 6.98. The maximum Gasteiger partial charge on any atom is 0.246 e. The van der Waals surface area contributed by atoms with Crippen LogP contribution in [0.15, 0.2) is 35.1 Å². The molecule has 0 bridgehead atoms. The highest BCUT2D eigenvalue weighted by molar-refractivity contribution is 5.89. The zero-order chi connectivity index (χ0) is 15.4. The Hall–Kier alpha value is -2.28. The topological polar surface area (TPSA) is 84.1 Å². The molecular formula is C15H21N5O2. The van der Waals surface area contributed by atoms with Gasteiger partial charge in [-0.3, -0.25) is 9.48 Å². The fourth-order valence-corrected chi connectivity index (χ4v) is 2.74. The van der Waals surface area contributed by atoms with Crippen LogP contribution >= 0.6 is 0 Å². The van der Waals surface area contributed by atoms with E-state index in [1.54, 1.807) is 10.9 Å². The quantitative estimate of drug-likeness (QED) is 0.763. The first-order chi connectivity index (χ1) is 10.7. The summed E-state index contributed by atoms with van der Waals surface area (Å²) in [5, 5.41) is 13.9. The van der Waals surface area contributed by atoms with Crippen LogP contribution < -0.4 is 16.0 Å². The normalized spacial score (nSPS) is 17.1. The Kier molecular flexibility index (Phi) is 4.15. The van der Waals surface area contributed by atoms with Crippen LogP contribution in [0, 0.1) is 0 Å². The van der Waals surface area contributed by atoms with Crippen molar-refractivity contribution in [1.29, 1.82) is 0 Å². The van der Waals surface area contributed by atoms with E-state index in [0.29, 0.717) is 19.4 Å². The van der Waals surface area contributed by atoms with E-state index in [1.807, 2.05) is 31.4 Å². The number of anilines is 1. The molecule has 2 aromatic heterocycles. The number of amides is 1. The number of carbonyl (C=O) groups is 1. The molecule has 1 aliphatic rings. The molecule has 0 aliphatic carbocycles. The van der Waals surface area contributed by atoms with Gasteiger partial charge in [0.2, 0.25) is 5.91 Å². The predicted molar refractivity (Wildman–Crippen MR) is 82.2 cm³/mol. The summed E-state index contributed by atoms with van der Waals surface area (Å²) in [6.45, 7) is 1.99. The van der Waals surface area contributed by atoms with Gasteiger partial charge in [0.25, 0.3) is 0 Å². The second kappa shape index (κ2) is 6.23. The van der Waals surface area contributed by atoms with E-state index in [-0.39, 0.29) is 5.91 Å². The van der Waals surface area contributed by atoms with Crippen LogP contribution in [0.1, 0.15) is 18.6 Å². The lowest BCUT2D eigenvalue weighted by Gasteiger charge is -2.37. The average molecular weight is 303 g/mol. The van der Waals surface area contributed by atoms with Crippen LogP contribution in [0.2, 0.25) is 0 Å². The molecule has 1 amide bonds. The van der Waals surface area contributed by atoms with Crippen LogP contribution in [-0.2, 0) is 18.4 Å². The van der Waals surface area contributed by atoms with Gasteiger partial charge in [0.1, 0.15) is 17.1 Å². The van der Waals surface area contributed by atoms with Gasteiger partial charge in [-0.15, -0.1) is 0 Å². The first kappa shape index (κ1) is 14.6. The smallest absolute Gasteiger partial charge is 0.246 e. The van der Waals surface area contributed by atoms with Crippen LogP contribution in [0.4, 0.5) is 5.82 Å².